The number of hydrogen-bond donors (Lipinski definition) is 0. The molecular weight excluding hydrogens is 116 g/mol. The smallest absolute Gasteiger partial charge is 0.311 e. The summed E-state index contributed by atoms with van der Waals surface area (Å²) in [5.74, 6) is -0.159. The Morgan fingerprint density at radius 2 is 2.22 bits per heavy atom. The van der Waals surface area contributed by atoms with Crippen LogP contribution in [0.1, 0.15) is 19.3 Å². The van der Waals surface area contributed by atoms with Gasteiger partial charge in [-0.15, -0.1) is 0 Å². The molecule has 1 aliphatic rings. The van der Waals surface area contributed by atoms with Crippen LogP contribution in [0.2, 0.25) is 0 Å². The van der Waals surface area contributed by atoms with Crippen LogP contribution in [0.4, 0.5) is 0 Å². The van der Waals surface area contributed by atoms with Gasteiger partial charge in [-0.05, 0) is 19.8 Å². The van der Waals surface area contributed by atoms with Crippen molar-refractivity contribution < 1.29 is 9.53 Å². The standard InChI is InChI=1S/C7H11O2/c1-7(4-3-5-7)6(8)9-2/h1,3-5H2,2H3. The summed E-state index contributed by atoms with van der Waals surface area (Å²) in [6.07, 6.45) is 2.89. The molecule has 0 aromatic rings. The second-order valence-electron chi connectivity index (χ2n) is 2.63. The number of carbonyl (C=O) groups is 1. The van der Waals surface area contributed by atoms with Gasteiger partial charge in [-0.3, -0.25) is 4.79 Å². The molecule has 0 heterocycles. The number of hydrogen-bond acceptors (Lipinski definition) is 2. The van der Waals surface area contributed by atoms with Crippen molar-refractivity contribution in [3.63, 3.8) is 0 Å². The van der Waals surface area contributed by atoms with Crippen molar-refractivity contribution in [2.24, 2.45) is 5.41 Å². The van der Waals surface area contributed by atoms with Crippen LogP contribution in [-0.2, 0) is 9.53 Å². The van der Waals surface area contributed by atoms with Crippen molar-refractivity contribution >= 4 is 5.97 Å². The van der Waals surface area contributed by atoms with Crippen LogP contribution < -0.4 is 0 Å². The molecule has 9 heavy (non-hydrogen) atoms. The molecular formula is C7H11O2. The molecule has 2 heteroatoms. The maximum absolute atomic E-state index is 10.8. The lowest BCUT2D eigenvalue weighted by atomic mass is 9.70. The minimum atomic E-state index is -0.380. The van der Waals surface area contributed by atoms with E-state index in [-0.39, 0.29) is 11.4 Å². The molecule has 2 nitrogen and oxygen atoms in total. The molecule has 0 N–H and O–H groups in total. The summed E-state index contributed by atoms with van der Waals surface area (Å²) in [5.41, 5.74) is -0.380. The van der Waals surface area contributed by atoms with Gasteiger partial charge in [0.25, 0.3) is 0 Å². The van der Waals surface area contributed by atoms with E-state index in [0.717, 1.165) is 19.3 Å². The molecule has 0 aliphatic heterocycles. The molecule has 0 unspecified atom stereocenters. The Hall–Kier alpha value is -0.530. The van der Waals surface area contributed by atoms with Gasteiger partial charge in [0.2, 0.25) is 0 Å². The predicted molar refractivity (Wildman–Crippen MR) is 33.7 cm³/mol. The van der Waals surface area contributed by atoms with Gasteiger partial charge in [0.15, 0.2) is 0 Å². The number of rotatable bonds is 1. The molecule has 1 radical (unpaired) electrons. The molecule has 1 aliphatic carbocycles. The first-order valence-electron chi connectivity index (χ1n) is 3.13. The highest BCUT2D eigenvalue weighted by Gasteiger charge is 2.40. The molecule has 0 bridgehead atoms. The lowest BCUT2D eigenvalue weighted by molar-refractivity contribution is -0.154. The molecule has 1 saturated carbocycles. The van der Waals surface area contributed by atoms with Crippen molar-refractivity contribution in [1.82, 2.24) is 0 Å². The van der Waals surface area contributed by atoms with E-state index in [1.54, 1.807) is 0 Å². The van der Waals surface area contributed by atoms with E-state index in [1.165, 1.54) is 7.11 Å². The average molecular weight is 127 g/mol. The molecule has 0 saturated heterocycles. The minimum absolute atomic E-state index is 0.159. The summed E-state index contributed by atoms with van der Waals surface area (Å²) >= 11 is 0. The quantitative estimate of drug-likeness (QED) is 0.494. The van der Waals surface area contributed by atoms with E-state index in [4.69, 9.17) is 0 Å². The van der Waals surface area contributed by atoms with Crippen LogP contribution in [0, 0.1) is 12.3 Å². The van der Waals surface area contributed by atoms with Crippen LogP contribution in [0.3, 0.4) is 0 Å². The van der Waals surface area contributed by atoms with Crippen LogP contribution >= 0.6 is 0 Å². The molecule has 0 aromatic carbocycles. The molecule has 0 spiro atoms. The second-order valence-corrected chi connectivity index (χ2v) is 2.63. The molecule has 0 aromatic heterocycles. The summed E-state index contributed by atoms with van der Waals surface area (Å²) < 4.78 is 4.56. The van der Waals surface area contributed by atoms with Gasteiger partial charge in [-0.25, -0.2) is 0 Å². The first-order chi connectivity index (χ1) is 4.19. The maximum atomic E-state index is 10.8. The second kappa shape index (κ2) is 2.01. The highest BCUT2D eigenvalue weighted by molar-refractivity contribution is 5.78. The first kappa shape index (κ1) is 6.59. The maximum Gasteiger partial charge on any atom is 0.311 e. The van der Waals surface area contributed by atoms with Crippen LogP contribution in [-0.4, -0.2) is 13.1 Å². The van der Waals surface area contributed by atoms with E-state index in [2.05, 4.69) is 11.7 Å². The summed E-state index contributed by atoms with van der Waals surface area (Å²) in [4.78, 5) is 10.8. The van der Waals surface area contributed by atoms with E-state index < -0.39 is 0 Å². The van der Waals surface area contributed by atoms with Crippen molar-refractivity contribution in [2.45, 2.75) is 19.3 Å². The lowest BCUT2D eigenvalue weighted by Gasteiger charge is -2.34. The highest BCUT2D eigenvalue weighted by atomic mass is 16.5. The van der Waals surface area contributed by atoms with Gasteiger partial charge in [-0.1, -0.05) is 6.42 Å². The van der Waals surface area contributed by atoms with Gasteiger partial charge in [-0.2, -0.15) is 0 Å². The Kier molecular flexibility index (Phi) is 1.47. The highest BCUT2D eigenvalue weighted by Crippen LogP contribution is 2.40. The van der Waals surface area contributed by atoms with Gasteiger partial charge < -0.3 is 4.74 Å². The minimum Gasteiger partial charge on any atom is -0.469 e. The van der Waals surface area contributed by atoms with Gasteiger partial charge in [0.05, 0.1) is 12.5 Å². The SMILES string of the molecule is [CH2]C1(C(=O)OC)CCC1. The summed E-state index contributed by atoms with van der Waals surface area (Å²) in [6.45, 7) is 3.77. The summed E-state index contributed by atoms with van der Waals surface area (Å²) in [6, 6.07) is 0. The van der Waals surface area contributed by atoms with Crippen molar-refractivity contribution in [3.05, 3.63) is 6.92 Å². The monoisotopic (exact) mass is 127 g/mol. The third-order valence-electron chi connectivity index (χ3n) is 1.93. The van der Waals surface area contributed by atoms with Crippen molar-refractivity contribution in [3.8, 4) is 0 Å². The molecule has 0 atom stereocenters. The van der Waals surface area contributed by atoms with Gasteiger partial charge in [0, 0.05) is 0 Å². The predicted octanol–water partition coefficient (Wildman–Crippen LogP) is 1.16. The fourth-order valence-corrected chi connectivity index (χ4v) is 1.02. The number of ether oxygens (including phenoxy) is 1. The van der Waals surface area contributed by atoms with Gasteiger partial charge in [0.1, 0.15) is 0 Å². The molecule has 1 fully saturated rings. The Morgan fingerprint density at radius 3 is 2.33 bits per heavy atom. The fourth-order valence-electron chi connectivity index (χ4n) is 1.02. The number of esters is 1. The average Bonchev–Trinajstić information content (AvgIpc) is 1.81. The fraction of sp³-hybridized carbons (Fsp3) is 0.714. The third-order valence-corrected chi connectivity index (χ3v) is 1.93. The molecule has 0 amide bonds. The zero-order valence-electron chi connectivity index (χ0n) is 5.64. The summed E-state index contributed by atoms with van der Waals surface area (Å²) in [5, 5.41) is 0. The van der Waals surface area contributed by atoms with E-state index in [9.17, 15) is 4.79 Å². The van der Waals surface area contributed by atoms with E-state index >= 15 is 0 Å². The normalized spacial score (nSPS) is 22.4. The van der Waals surface area contributed by atoms with Gasteiger partial charge >= 0.3 is 5.97 Å². The van der Waals surface area contributed by atoms with E-state index in [0.29, 0.717) is 0 Å². The Balaban J connectivity index is 2.49. The Labute approximate surface area is 55.2 Å². The van der Waals surface area contributed by atoms with Crippen LogP contribution in [0.5, 0.6) is 0 Å². The van der Waals surface area contributed by atoms with Crippen molar-refractivity contribution in [2.75, 3.05) is 7.11 Å². The topological polar surface area (TPSA) is 26.3 Å². The van der Waals surface area contributed by atoms with E-state index in [1.807, 2.05) is 0 Å². The van der Waals surface area contributed by atoms with Crippen LogP contribution in [0.15, 0.2) is 0 Å². The molecule has 1 rings (SSSR count). The Morgan fingerprint density at radius 1 is 1.67 bits per heavy atom. The number of methoxy groups -OCH3 is 1. The van der Waals surface area contributed by atoms with Crippen LogP contribution in [0.25, 0.3) is 0 Å². The zero-order chi connectivity index (χ0) is 6.91. The first-order valence-corrected chi connectivity index (χ1v) is 3.13. The largest absolute Gasteiger partial charge is 0.469 e. The third kappa shape index (κ3) is 0.934. The zero-order valence-corrected chi connectivity index (χ0v) is 5.64. The summed E-state index contributed by atoms with van der Waals surface area (Å²) in [7, 11) is 1.41. The Bertz CT molecular complexity index is 125. The lowest BCUT2D eigenvalue weighted by Crippen LogP contribution is -2.35. The van der Waals surface area contributed by atoms with Crippen molar-refractivity contribution in [1.29, 1.82) is 0 Å². The number of carbonyl (C=O) groups excluding carboxylic acids is 1. The molecule has 51 valence electrons.